The molecule has 1 aliphatic heterocycles. The summed E-state index contributed by atoms with van der Waals surface area (Å²) in [4.78, 5) is 18.0. The van der Waals surface area contributed by atoms with E-state index in [4.69, 9.17) is 0 Å². The van der Waals surface area contributed by atoms with Crippen molar-refractivity contribution < 1.29 is 4.79 Å². The average molecular weight is 332 g/mol. The molecular weight excluding hydrogens is 308 g/mol. The Morgan fingerprint density at radius 2 is 1.96 bits per heavy atom. The number of hydrogen-bond donors (Lipinski definition) is 1. The Kier molecular flexibility index (Phi) is 5.48. The monoisotopic (exact) mass is 332 g/mol. The first-order valence-corrected chi connectivity index (χ1v) is 9.02. The number of hydrogen-bond acceptors (Lipinski definition) is 4. The van der Waals surface area contributed by atoms with E-state index >= 15 is 0 Å². The molecule has 0 atom stereocenters. The molecule has 1 amide bonds. The van der Waals surface area contributed by atoms with Gasteiger partial charge in [-0.15, -0.1) is 11.3 Å². The number of likely N-dealkylation sites (N-methyl/N-ethyl adjacent to an activating group) is 1. The number of carbonyl (C=O) groups is 1. The number of rotatable bonds is 6. The molecule has 0 aromatic carbocycles. The van der Waals surface area contributed by atoms with Gasteiger partial charge in [0.1, 0.15) is 4.88 Å². The van der Waals surface area contributed by atoms with E-state index in [1.54, 1.807) is 0 Å². The minimum atomic E-state index is 0.0297. The molecule has 0 radical (unpaired) electrons. The van der Waals surface area contributed by atoms with Crippen LogP contribution in [0.15, 0.2) is 36.0 Å². The van der Waals surface area contributed by atoms with E-state index in [0.717, 1.165) is 56.3 Å². The molecule has 124 valence electrons. The minimum absolute atomic E-state index is 0.0297. The van der Waals surface area contributed by atoms with Crippen LogP contribution < -0.4 is 5.32 Å². The van der Waals surface area contributed by atoms with E-state index in [-0.39, 0.29) is 5.91 Å². The number of nitrogens with one attached hydrogen (secondary N) is 1. The number of nitrogens with zero attached hydrogens (tertiary/aromatic N) is 3. The summed E-state index contributed by atoms with van der Waals surface area (Å²) < 4.78 is 1.98. The number of thiophene rings is 1. The van der Waals surface area contributed by atoms with Crippen LogP contribution in [0, 0.1) is 0 Å². The largest absolute Gasteiger partial charge is 0.351 e. The Morgan fingerprint density at radius 1 is 1.22 bits per heavy atom. The fraction of sp³-hybridized carbons (Fsp3) is 0.471. The van der Waals surface area contributed by atoms with Gasteiger partial charge < -0.3 is 19.7 Å². The number of aromatic nitrogens is 1. The second-order valence-corrected chi connectivity index (χ2v) is 6.90. The molecule has 0 aliphatic carbocycles. The predicted octanol–water partition coefficient (Wildman–Crippen LogP) is 1.91. The summed E-state index contributed by atoms with van der Waals surface area (Å²) in [5.41, 5.74) is 0.955. The predicted molar refractivity (Wildman–Crippen MR) is 94.5 cm³/mol. The first kappa shape index (κ1) is 16.2. The topological polar surface area (TPSA) is 40.5 Å². The van der Waals surface area contributed by atoms with Crippen molar-refractivity contribution in [3.05, 3.63) is 40.8 Å². The van der Waals surface area contributed by atoms with Crippen molar-refractivity contribution in [2.45, 2.75) is 6.42 Å². The van der Waals surface area contributed by atoms with Crippen molar-refractivity contribution >= 4 is 17.2 Å². The van der Waals surface area contributed by atoms with Crippen LogP contribution in [0.25, 0.3) is 5.69 Å². The standard InChI is InChI=1S/C17H24N4OS/c1-19-10-12-20(13-11-19)7-4-6-18-17(22)16-15(5-14-23-16)21-8-2-3-9-21/h2-3,5,8-9,14H,4,6-7,10-13H2,1H3,(H,18,22). The lowest BCUT2D eigenvalue weighted by atomic mass is 10.3. The molecular formula is C17H24N4OS. The maximum atomic E-state index is 12.4. The minimum Gasteiger partial charge on any atom is -0.351 e. The van der Waals surface area contributed by atoms with E-state index in [1.807, 2.05) is 40.5 Å². The van der Waals surface area contributed by atoms with Crippen LogP contribution in [-0.2, 0) is 0 Å². The first-order valence-electron chi connectivity index (χ1n) is 8.14. The van der Waals surface area contributed by atoms with Gasteiger partial charge in [-0.1, -0.05) is 0 Å². The zero-order valence-corrected chi connectivity index (χ0v) is 14.4. The second-order valence-electron chi connectivity index (χ2n) is 5.98. The van der Waals surface area contributed by atoms with Gasteiger partial charge in [-0.3, -0.25) is 4.79 Å². The maximum Gasteiger partial charge on any atom is 0.263 e. The molecule has 5 nitrogen and oxygen atoms in total. The average Bonchev–Trinajstić information content (AvgIpc) is 3.23. The Labute approximate surface area is 141 Å². The molecule has 1 aliphatic rings. The van der Waals surface area contributed by atoms with E-state index < -0.39 is 0 Å². The Bertz CT molecular complexity index is 614. The van der Waals surface area contributed by atoms with Crippen LogP contribution in [0.3, 0.4) is 0 Å². The fourth-order valence-corrected chi connectivity index (χ4v) is 3.63. The molecule has 1 N–H and O–H groups in total. The summed E-state index contributed by atoms with van der Waals surface area (Å²) in [5, 5.41) is 5.02. The van der Waals surface area contributed by atoms with Gasteiger partial charge in [-0.05, 0) is 43.6 Å². The summed E-state index contributed by atoms with van der Waals surface area (Å²) in [6, 6.07) is 5.93. The summed E-state index contributed by atoms with van der Waals surface area (Å²) in [7, 11) is 2.17. The quantitative estimate of drug-likeness (QED) is 0.822. The Balaban J connectivity index is 1.44. The zero-order valence-electron chi connectivity index (χ0n) is 13.6. The molecule has 0 spiro atoms. The molecule has 3 rings (SSSR count). The third-order valence-corrected chi connectivity index (χ3v) is 5.17. The molecule has 0 saturated carbocycles. The van der Waals surface area contributed by atoms with Gasteiger partial charge in [0.05, 0.1) is 5.69 Å². The van der Waals surface area contributed by atoms with Gasteiger partial charge in [0.15, 0.2) is 0 Å². The van der Waals surface area contributed by atoms with Crippen molar-refractivity contribution in [1.29, 1.82) is 0 Å². The van der Waals surface area contributed by atoms with Crippen molar-refractivity contribution in [2.75, 3.05) is 46.3 Å². The highest BCUT2D eigenvalue weighted by Gasteiger charge is 2.15. The molecule has 3 heterocycles. The summed E-state index contributed by atoms with van der Waals surface area (Å²) in [6.45, 7) is 6.33. The third kappa shape index (κ3) is 4.22. The fourth-order valence-electron chi connectivity index (χ4n) is 2.83. The highest BCUT2D eigenvalue weighted by atomic mass is 32.1. The molecule has 1 fully saturated rings. The van der Waals surface area contributed by atoms with Crippen molar-refractivity contribution in [2.24, 2.45) is 0 Å². The zero-order chi connectivity index (χ0) is 16.1. The van der Waals surface area contributed by atoms with Gasteiger partial charge in [0.2, 0.25) is 0 Å². The first-order chi connectivity index (χ1) is 11.2. The van der Waals surface area contributed by atoms with E-state index in [0.29, 0.717) is 0 Å². The lowest BCUT2D eigenvalue weighted by Crippen LogP contribution is -2.45. The molecule has 2 aromatic rings. The molecule has 6 heteroatoms. The van der Waals surface area contributed by atoms with Crippen LogP contribution in [-0.4, -0.2) is 66.6 Å². The van der Waals surface area contributed by atoms with Crippen LogP contribution >= 0.6 is 11.3 Å². The lowest BCUT2D eigenvalue weighted by molar-refractivity contribution is 0.0953. The SMILES string of the molecule is CN1CCN(CCCNC(=O)c2sccc2-n2cccc2)CC1. The van der Waals surface area contributed by atoms with Gasteiger partial charge >= 0.3 is 0 Å². The molecule has 0 unspecified atom stereocenters. The van der Waals surface area contributed by atoms with E-state index in [1.165, 1.54) is 11.3 Å². The van der Waals surface area contributed by atoms with Gasteiger partial charge in [0.25, 0.3) is 5.91 Å². The lowest BCUT2D eigenvalue weighted by Gasteiger charge is -2.32. The van der Waals surface area contributed by atoms with E-state index in [2.05, 4.69) is 22.2 Å². The van der Waals surface area contributed by atoms with Gasteiger partial charge in [-0.2, -0.15) is 0 Å². The molecule has 23 heavy (non-hydrogen) atoms. The van der Waals surface area contributed by atoms with Crippen LogP contribution in [0.5, 0.6) is 0 Å². The smallest absolute Gasteiger partial charge is 0.263 e. The maximum absolute atomic E-state index is 12.4. The second kappa shape index (κ2) is 7.77. The Morgan fingerprint density at radius 3 is 2.70 bits per heavy atom. The van der Waals surface area contributed by atoms with Crippen molar-refractivity contribution in [3.8, 4) is 5.69 Å². The summed E-state index contributed by atoms with van der Waals surface area (Å²) in [5.74, 6) is 0.0297. The van der Waals surface area contributed by atoms with Gasteiger partial charge in [-0.25, -0.2) is 0 Å². The molecule has 2 aromatic heterocycles. The van der Waals surface area contributed by atoms with E-state index in [9.17, 15) is 4.79 Å². The number of amides is 1. The number of piperazine rings is 1. The summed E-state index contributed by atoms with van der Waals surface area (Å²) in [6.07, 6.45) is 4.93. The van der Waals surface area contributed by atoms with Crippen LogP contribution in [0.4, 0.5) is 0 Å². The normalized spacial score (nSPS) is 16.6. The number of carbonyl (C=O) groups excluding carboxylic acids is 1. The third-order valence-electron chi connectivity index (χ3n) is 4.27. The highest BCUT2D eigenvalue weighted by molar-refractivity contribution is 7.12. The summed E-state index contributed by atoms with van der Waals surface area (Å²) >= 11 is 1.49. The van der Waals surface area contributed by atoms with Crippen molar-refractivity contribution in [3.63, 3.8) is 0 Å². The van der Waals surface area contributed by atoms with Gasteiger partial charge in [0, 0.05) is 45.1 Å². The molecule has 1 saturated heterocycles. The van der Waals surface area contributed by atoms with Crippen LogP contribution in [0.1, 0.15) is 16.1 Å². The highest BCUT2D eigenvalue weighted by Crippen LogP contribution is 2.21. The van der Waals surface area contributed by atoms with Crippen molar-refractivity contribution in [1.82, 2.24) is 19.7 Å². The Hall–Kier alpha value is -1.63. The van der Waals surface area contributed by atoms with Crippen LogP contribution in [0.2, 0.25) is 0 Å². The molecule has 0 bridgehead atoms.